The van der Waals surface area contributed by atoms with Crippen LogP contribution < -0.4 is 10.9 Å². The van der Waals surface area contributed by atoms with Crippen LogP contribution in [0.5, 0.6) is 0 Å². The van der Waals surface area contributed by atoms with E-state index < -0.39 is 11.5 Å². The summed E-state index contributed by atoms with van der Waals surface area (Å²) in [5.74, 6) is -0.986. The van der Waals surface area contributed by atoms with Gasteiger partial charge in [-0.15, -0.1) is 11.3 Å². The van der Waals surface area contributed by atoms with Crippen molar-refractivity contribution in [1.29, 1.82) is 0 Å². The van der Waals surface area contributed by atoms with Crippen molar-refractivity contribution >= 4 is 49.8 Å². The van der Waals surface area contributed by atoms with Gasteiger partial charge in [0.05, 0.1) is 17.7 Å². The van der Waals surface area contributed by atoms with E-state index in [2.05, 4.69) is 10.4 Å². The van der Waals surface area contributed by atoms with Crippen molar-refractivity contribution in [2.24, 2.45) is 0 Å². The fraction of sp³-hybridized carbons (Fsp3) is 0.111. The number of carbonyl (C=O) groups excluding carboxylic acids is 2. The Balaban J connectivity index is 1.63. The number of ether oxygens (including phenoxy) is 1. The molecule has 0 aliphatic carbocycles. The number of carbonyl (C=O) groups is 2. The molecule has 2 aromatic heterocycles. The first-order valence-corrected chi connectivity index (χ1v) is 11.9. The van der Waals surface area contributed by atoms with Gasteiger partial charge in [-0.1, -0.05) is 42.5 Å². The molecular formula is C27H21N3O4S. The van der Waals surface area contributed by atoms with Gasteiger partial charge < -0.3 is 10.1 Å². The van der Waals surface area contributed by atoms with Crippen LogP contribution >= 0.6 is 11.3 Å². The molecule has 0 atom stereocenters. The van der Waals surface area contributed by atoms with Crippen molar-refractivity contribution in [2.75, 3.05) is 11.9 Å². The first-order chi connectivity index (χ1) is 17.0. The molecule has 0 fully saturated rings. The Morgan fingerprint density at radius 1 is 1.03 bits per heavy atom. The predicted octanol–water partition coefficient (Wildman–Crippen LogP) is 5.34. The van der Waals surface area contributed by atoms with Gasteiger partial charge in [0.25, 0.3) is 11.5 Å². The number of anilines is 1. The quantitative estimate of drug-likeness (QED) is 0.341. The highest BCUT2D eigenvalue weighted by Crippen LogP contribution is 2.31. The number of rotatable bonds is 5. The molecule has 0 aliphatic heterocycles. The number of aryl methyl sites for hydroxylation is 1. The van der Waals surface area contributed by atoms with Crippen LogP contribution in [-0.4, -0.2) is 28.3 Å². The molecule has 0 spiro atoms. The highest BCUT2D eigenvalue weighted by atomic mass is 32.1. The minimum absolute atomic E-state index is 0.0189. The summed E-state index contributed by atoms with van der Waals surface area (Å²) in [7, 11) is 0. The first kappa shape index (κ1) is 22.5. The molecule has 0 bridgehead atoms. The van der Waals surface area contributed by atoms with Crippen LogP contribution in [-0.2, 0) is 4.74 Å². The van der Waals surface area contributed by atoms with Gasteiger partial charge in [-0.25, -0.2) is 4.79 Å². The number of aromatic nitrogens is 2. The van der Waals surface area contributed by atoms with Crippen LogP contribution in [0, 0.1) is 6.92 Å². The average Bonchev–Trinajstić information content (AvgIpc) is 3.28. The first-order valence-electron chi connectivity index (χ1n) is 11.0. The van der Waals surface area contributed by atoms with Gasteiger partial charge in [0.15, 0.2) is 5.69 Å². The number of hydrogen-bond donors (Lipinski definition) is 1. The van der Waals surface area contributed by atoms with E-state index in [1.807, 2.05) is 49.4 Å². The number of hydrogen-bond acceptors (Lipinski definition) is 6. The van der Waals surface area contributed by atoms with E-state index >= 15 is 0 Å². The van der Waals surface area contributed by atoms with Crippen LogP contribution in [0.1, 0.15) is 33.3 Å². The van der Waals surface area contributed by atoms with Crippen LogP contribution in [0.4, 0.5) is 5.00 Å². The molecule has 3 aromatic carbocycles. The summed E-state index contributed by atoms with van der Waals surface area (Å²) in [4.78, 5) is 39.4. The monoisotopic (exact) mass is 483 g/mol. The number of fused-ring (bicyclic) bond motifs is 2. The zero-order valence-corrected chi connectivity index (χ0v) is 19.9. The van der Waals surface area contributed by atoms with Crippen molar-refractivity contribution in [3.05, 3.63) is 99.3 Å². The van der Waals surface area contributed by atoms with E-state index in [9.17, 15) is 14.4 Å². The minimum atomic E-state index is -0.635. The van der Waals surface area contributed by atoms with E-state index in [4.69, 9.17) is 4.74 Å². The summed E-state index contributed by atoms with van der Waals surface area (Å²) in [5, 5.41) is 11.7. The molecule has 8 heteroatoms. The van der Waals surface area contributed by atoms with Crippen molar-refractivity contribution in [3.63, 3.8) is 0 Å². The molecule has 1 N–H and O–H groups in total. The van der Waals surface area contributed by atoms with Crippen LogP contribution in [0.25, 0.3) is 27.2 Å². The molecule has 0 saturated heterocycles. The highest BCUT2D eigenvalue weighted by Gasteiger charge is 2.23. The topological polar surface area (TPSA) is 90.3 Å². The summed E-state index contributed by atoms with van der Waals surface area (Å²) >= 11 is 1.17. The Morgan fingerprint density at radius 2 is 1.83 bits per heavy atom. The maximum absolute atomic E-state index is 13.6. The van der Waals surface area contributed by atoms with Crippen molar-refractivity contribution in [2.45, 2.75) is 13.8 Å². The summed E-state index contributed by atoms with van der Waals surface area (Å²) in [6.07, 6.45) is 0. The van der Waals surface area contributed by atoms with Crippen molar-refractivity contribution < 1.29 is 14.3 Å². The number of amides is 1. The smallest absolute Gasteiger partial charge is 0.359 e. The molecular weight excluding hydrogens is 462 g/mol. The third kappa shape index (κ3) is 4.20. The Hall–Kier alpha value is -4.30. The molecule has 5 rings (SSSR count). The van der Waals surface area contributed by atoms with Gasteiger partial charge >= 0.3 is 5.97 Å². The molecule has 7 nitrogen and oxygen atoms in total. The second-order valence-corrected chi connectivity index (χ2v) is 8.87. The summed E-state index contributed by atoms with van der Waals surface area (Å²) in [6.45, 7) is 3.77. The van der Waals surface area contributed by atoms with E-state index in [-0.39, 0.29) is 23.6 Å². The zero-order chi connectivity index (χ0) is 24.5. The summed E-state index contributed by atoms with van der Waals surface area (Å²) < 4.78 is 6.37. The molecule has 35 heavy (non-hydrogen) atoms. The van der Waals surface area contributed by atoms with E-state index in [0.717, 1.165) is 16.3 Å². The Labute approximate surface area is 204 Å². The lowest BCUT2D eigenvalue weighted by atomic mass is 10.1. The van der Waals surface area contributed by atoms with E-state index in [0.29, 0.717) is 21.6 Å². The number of benzene rings is 3. The fourth-order valence-electron chi connectivity index (χ4n) is 3.93. The lowest BCUT2D eigenvalue weighted by Gasteiger charge is -2.10. The summed E-state index contributed by atoms with van der Waals surface area (Å²) in [6, 6.07) is 20.4. The molecule has 174 valence electrons. The SMILES string of the molecule is CCOC(=O)c1nn(-c2cccc(C)c2)c(=O)c2c(NC(=O)c3ccc4ccccc4c3)scc12. The van der Waals surface area contributed by atoms with E-state index in [1.54, 1.807) is 36.6 Å². The molecule has 5 aromatic rings. The lowest BCUT2D eigenvalue weighted by molar-refractivity contribution is 0.0520. The van der Waals surface area contributed by atoms with E-state index in [1.165, 1.54) is 16.0 Å². The van der Waals surface area contributed by atoms with Gasteiger partial charge in [0.1, 0.15) is 5.00 Å². The molecule has 0 radical (unpaired) electrons. The Kier molecular flexibility index (Phi) is 5.88. The maximum Gasteiger partial charge on any atom is 0.359 e. The highest BCUT2D eigenvalue weighted by molar-refractivity contribution is 7.16. The fourth-order valence-corrected chi connectivity index (χ4v) is 4.86. The third-order valence-electron chi connectivity index (χ3n) is 5.61. The Bertz CT molecular complexity index is 1670. The molecule has 0 aliphatic rings. The largest absolute Gasteiger partial charge is 0.461 e. The second-order valence-electron chi connectivity index (χ2n) is 7.99. The van der Waals surface area contributed by atoms with Crippen molar-refractivity contribution in [3.8, 4) is 5.69 Å². The Morgan fingerprint density at radius 3 is 2.60 bits per heavy atom. The average molecular weight is 484 g/mol. The summed E-state index contributed by atoms with van der Waals surface area (Å²) in [5.41, 5.74) is 1.49. The molecule has 1 amide bonds. The maximum atomic E-state index is 13.6. The lowest BCUT2D eigenvalue weighted by Crippen LogP contribution is -2.25. The molecule has 0 unspecified atom stereocenters. The number of nitrogens with zero attached hydrogens (tertiary/aromatic N) is 2. The normalized spacial score (nSPS) is 11.0. The molecule has 2 heterocycles. The zero-order valence-electron chi connectivity index (χ0n) is 19.1. The van der Waals surface area contributed by atoms with Crippen LogP contribution in [0.2, 0.25) is 0 Å². The number of nitrogens with one attached hydrogen (secondary N) is 1. The minimum Gasteiger partial charge on any atom is -0.461 e. The van der Waals surface area contributed by atoms with Crippen molar-refractivity contribution in [1.82, 2.24) is 9.78 Å². The van der Waals surface area contributed by atoms with Gasteiger partial charge in [-0.05, 0) is 54.4 Å². The molecule has 0 saturated carbocycles. The second kappa shape index (κ2) is 9.15. The van der Waals surface area contributed by atoms with Crippen LogP contribution in [0.3, 0.4) is 0 Å². The standard InChI is InChI=1S/C27H21N3O4S/c1-3-34-27(33)23-21-15-35-25(22(21)26(32)30(29-23)20-10-6-7-16(2)13-20)28-24(31)19-12-11-17-8-4-5-9-18(17)14-19/h4-15H,3H2,1-2H3,(H,28,31). The van der Waals surface area contributed by atoms with Crippen LogP contribution in [0.15, 0.2) is 76.9 Å². The van der Waals surface area contributed by atoms with Gasteiger partial charge in [0.2, 0.25) is 0 Å². The number of esters is 1. The van der Waals surface area contributed by atoms with Gasteiger partial charge in [-0.2, -0.15) is 9.78 Å². The van der Waals surface area contributed by atoms with Gasteiger partial charge in [-0.3, -0.25) is 9.59 Å². The number of thiophene rings is 1. The van der Waals surface area contributed by atoms with Gasteiger partial charge in [0, 0.05) is 16.3 Å². The third-order valence-corrected chi connectivity index (χ3v) is 6.50. The predicted molar refractivity (Wildman–Crippen MR) is 138 cm³/mol.